The van der Waals surface area contributed by atoms with E-state index in [1.54, 1.807) is 34.4 Å². The van der Waals surface area contributed by atoms with E-state index >= 15 is 0 Å². The molecular weight excluding hydrogens is 432 g/mol. The van der Waals surface area contributed by atoms with Crippen LogP contribution in [0.3, 0.4) is 0 Å². The number of piperidine rings is 1. The molecule has 0 bridgehead atoms. The van der Waals surface area contributed by atoms with E-state index in [0.717, 1.165) is 23.5 Å². The molecule has 0 saturated carbocycles. The summed E-state index contributed by atoms with van der Waals surface area (Å²) in [5.41, 5.74) is 1.75. The molecule has 3 unspecified atom stereocenters. The van der Waals surface area contributed by atoms with Gasteiger partial charge in [0.15, 0.2) is 6.10 Å². The molecule has 1 N–H and O–H groups in total. The molecule has 2 aromatic rings. The summed E-state index contributed by atoms with van der Waals surface area (Å²) >= 11 is 1.55. The van der Waals surface area contributed by atoms with Gasteiger partial charge >= 0.3 is 6.09 Å². The number of hydrogen-bond donors (Lipinski definition) is 1. The Balaban J connectivity index is 1.48. The van der Waals surface area contributed by atoms with Gasteiger partial charge in [-0.25, -0.2) is 9.78 Å². The minimum atomic E-state index is -0.873. The molecule has 1 saturated heterocycles. The molecule has 0 spiro atoms. The van der Waals surface area contributed by atoms with Crippen molar-refractivity contribution in [2.24, 2.45) is 10.6 Å². The smallest absolute Gasteiger partial charge is 0.407 e. The third-order valence-corrected chi connectivity index (χ3v) is 7.17. The van der Waals surface area contributed by atoms with Gasteiger partial charge in [-0.1, -0.05) is 38.1 Å². The van der Waals surface area contributed by atoms with Gasteiger partial charge in [-0.05, 0) is 24.3 Å². The number of oxime groups is 1. The molecular formula is C22H26N4O5S. The summed E-state index contributed by atoms with van der Waals surface area (Å²) in [5, 5.41) is 28.0. The molecule has 4 rings (SSSR count). The topological polar surface area (TPSA) is 118 Å². The van der Waals surface area contributed by atoms with Crippen LogP contribution in [0, 0.1) is 15.5 Å². The van der Waals surface area contributed by atoms with Crippen molar-refractivity contribution in [2.45, 2.75) is 58.1 Å². The van der Waals surface area contributed by atoms with Gasteiger partial charge < -0.3 is 14.8 Å². The van der Waals surface area contributed by atoms with Gasteiger partial charge in [0, 0.05) is 36.4 Å². The number of benzene rings is 1. The molecule has 1 fully saturated rings. The SMILES string of the molecule is CC(C)(C)C1CC(c2nc(C3=NOC(c4ccccc4[N+](=O)[O-])C3)cs2)CCN1C(=O)O. The van der Waals surface area contributed by atoms with Crippen LogP contribution in [-0.4, -0.2) is 44.3 Å². The Hall–Kier alpha value is -3.01. The molecule has 170 valence electrons. The highest BCUT2D eigenvalue weighted by Gasteiger charge is 2.40. The third kappa shape index (κ3) is 4.32. The Labute approximate surface area is 189 Å². The first-order valence-electron chi connectivity index (χ1n) is 10.6. The second kappa shape index (κ2) is 8.50. The van der Waals surface area contributed by atoms with Crippen molar-refractivity contribution < 1.29 is 19.7 Å². The van der Waals surface area contributed by atoms with Crippen molar-refractivity contribution in [3.05, 3.63) is 56.0 Å². The van der Waals surface area contributed by atoms with Crippen molar-refractivity contribution in [3.8, 4) is 0 Å². The molecule has 0 radical (unpaired) electrons. The van der Waals surface area contributed by atoms with Crippen LogP contribution < -0.4 is 0 Å². The van der Waals surface area contributed by atoms with Crippen LogP contribution in [0.25, 0.3) is 0 Å². The molecule has 10 heteroatoms. The third-order valence-electron chi connectivity index (χ3n) is 6.16. The molecule has 32 heavy (non-hydrogen) atoms. The van der Waals surface area contributed by atoms with Gasteiger partial charge in [-0.3, -0.25) is 10.1 Å². The number of para-hydroxylation sites is 1. The Morgan fingerprint density at radius 1 is 1.34 bits per heavy atom. The normalized spacial score (nSPS) is 23.5. The number of nitrogens with zero attached hydrogens (tertiary/aromatic N) is 4. The summed E-state index contributed by atoms with van der Waals surface area (Å²) in [6, 6.07) is 6.45. The predicted molar refractivity (Wildman–Crippen MR) is 120 cm³/mol. The average Bonchev–Trinajstić information content (AvgIpc) is 3.42. The molecule has 3 heterocycles. The average molecular weight is 459 g/mol. The maximum absolute atomic E-state index is 11.7. The molecule has 1 aromatic carbocycles. The van der Waals surface area contributed by atoms with E-state index in [2.05, 4.69) is 25.9 Å². The van der Waals surface area contributed by atoms with Gasteiger partial charge in [0.25, 0.3) is 5.69 Å². The summed E-state index contributed by atoms with van der Waals surface area (Å²) in [6.45, 7) is 6.69. The van der Waals surface area contributed by atoms with E-state index in [9.17, 15) is 20.0 Å². The number of nitro benzene ring substituents is 1. The number of hydrogen-bond acceptors (Lipinski definition) is 7. The number of amides is 1. The van der Waals surface area contributed by atoms with Crippen molar-refractivity contribution in [3.63, 3.8) is 0 Å². The highest BCUT2D eigenvalue weighted by Crippen LogP contribution is 2.41. The van der Waals surface area contributed by atoms with Crippen LogP contribution in [0.5, 0.6) is 0 Å². The fourth-order valence-electron chi connectivity index (χ4n) is 4.47. The van der Waals surface area contributed by atoms with Crippen LogP contribution in [0.2, 0.25) is 0 Å². The van der Waals surface area contributed by atoms with Crippen LogP contribution in [0.15, 0.2) is 34.8 Å². The van der Waals surface area contributed by atoms with Gasteiger partial charge in [0.1, 0.15) is 5.71 Å². The number of thiazole rings is 1. The van der Waals surface area contributed by atoms with Crippen LogP contribution in [0.4, 0.5) is 10.5 Å². The summed E-state index contributed by atoms with van der Waals surface area (Å²) in [4.78, 5) is 34.5. The Bertz CT molecular complexity index is 1060. The monoisotopic (exact) mass is 458 g/mol. The lowest BCUT2D eigenvalue weighted by molar-refractivity contribution is -0.386. The number of aromatic nitrogens is 1. The van der Waals surface area contributed by atoms with E-state index in [1.165, 1.54) is 6.07 Å². The zero-order valence-electron chi connectivity index (χ0n) is 18.2. The summed E-state index contributed by atoms with van der Waals surface area (Å²) < 4.78 is 0. The van der Waals surface area contributed by atoms with E-state index in [1.807, 2.05) is 5.38 Å². The molecule has 9 nitrogen and oxygen atoms in total. The van der Waals surface area contributed by atoms with Crippen molar-refractivity contribution in [2.75, 3.05) is 6.54 Å². The number of rotatable bonds is 4. The van der Waals surface area contributed by atoms with E-state index in [-0.39, 0.29) is 23.1 Å². The lowest BCUT2D eigenvalue weighted by atomic mass is 9.77. The first-order valence-corrected chi connectivity index (χ1v) is 11.4. The van der Waals surface area contributed by atoms with E-state index < -0.39 is 17.1 Å². The van der Waals surface area contributed by atoms with Crippen LogP contribution >= 0.6 is 11.3 Å². The second-order valence-electron chi connectivity index (χ2n) is 9.30. The minimum Gasteiger partial charge on any atom is -0.465 e. The fourth-order valence-corrected chi connectivity index (χ4v) is 5.45. The molecule has 2 aliphatic rings. The highest BCUT2D eigenvalue weighted by atomic mass is 32.1. The van der Waals surface area contributed by atoms with E-state index in [0.29, 0.717) is 24.2 Å². The number of carboxylic acid groups (broad SMARTS) is 1. The highest BCUT2D eigenvalue weighted by molar-refractivity contribution is 7.10. The van der Waals surface area contributed by atoms with Gasteiger partial charge in [0.2, 0.25) is 0 Å². The Morgan fingerprint density at radius 2 is 2.09 bits per heavy atom. The molecule has 1 aromatic heterocycles. The molecule has 3 atom stereocenters. The molecule has 1 amide bonds. The lowest BCUT2D eigenvalue weighted by Crippen LogP contribution is -2.51. The summed E-state index contributed by atoms with van der Waals surface area (Å²) in [5.74, 6) is 0.183. The first-order chi connectivity index (χ1) is 15.1. The minimum absolute atomic E-state index is 0.0197. The van der Waals surface area contributed by atoms with Crippen LogP contribution in [0.1, 0.15) is 68.3 Å². The quantitative estimate of drug-likeness (QED) is 0.498. The van der Waals surface area contributed by atoms with E-state index in [4.69, 9.17) is 9.82 Å². The number of carbonyl (C=O) groups is 1. The second-order valence-corrected chi connectivity index (χ2v) is 10.2. The number of likely N-dealkylation sites (tertiary alicyclic amines) is 1. The fraction of sp³-hybridized carbons (Fsp3) is 0.500. The van der Waals surface area contributed by atoms with Crippen molar-refractivity contribution in [1.82, 2.24) is 9.88 Å². The standard InChI is InChI=1S/C22H26N4O5S/c1-22(2,3)19-10-13(8-9-25(19)21(27)28)20-23-16(12-32-20)15-11-18(31-24-15)14-6-4-5-7-17(14)26(29)30/h4-7,12-13,18-19H,8-11H2,1-3H3,(H,27,28). The summed E-state index contributed by atoms with van der Waals surface area (Å²) in [6.07, 6.45) is 0.483. The first kappa shape index (κ1) is 22.2. The Kier molecular flexibility index (Phi) is 5.89. The Morgan fingerprint density at radius 3 is 2.78 bits per heavy atom. The molecule has 0 aliphatic carbocycles. The van der Waals surface area contributed by atoms with Crippen molar-refractivity contribution >= 4 is 28.8 Å². The maximum atomic E-state index is 11.7. The summed E-state index contributed by atoms with van der Waals surface area (Å²) in [7, 11) is 0. The van der Waals surface area contributed by atoms with Crippen molar-refractivity contribution in [1.29, 1.82) is 0 Å². The van der Waals surface area contributed by atoms with Gasteiger partial charge in [-0.15, -0.1) is 11.3 Å². The van der Waals surface area contributed by atoms with Gasteiger partial charge in [0.05, 0.1) is 21.2 Å². The zero-order valence-corrected chi connectivity index (χ0v) is 19.0. The largest absolute Gasteiger partial charge is 0.465 e. The lowest BCUT2D eigenvalue weighted by Gasteiger charge is -2.44. The predicted octanol–water partition coefficient (Wildman–Crippen LogP) is 5.19. The maximum Gasteiger partial charge on any atom is 0.407 e. The zero-order chi connectivity index (χ0) is 23.0. The van der Waals surface area contributed by atoms with Gasteiger partial charge in [-0.2, -0.15) is 0 Å². The number of nitro groups is 1. The molecule has 2 aliphatic heterocycles. The van der Waals surface area contributed by atoms with Crippen LogP contribution in [-0.2, 0) is 4.84 Å².